The van der Waals surface area contributed by atoms with E-state index < -0.39 is 15.9 Å². The van der Waals surface area contributed by atoms with Gasteiger partial charge in [-0.15, -0.1) is 0 Å². The van der Waals surface area contributed by atoms with Crippen LogP contribution in [0.1, 0.15) is 0 Å². The molecule has 0 saturated heterocycles. The van der Waals surface area contributed by atoms with Crippen LogP contribution in [0.4, 0.5) is 0 Å². The maximum absolute atomic E-state index is 12.7. The number of sulfone groups is 1. The Balaban J connectivity index is 1.33. The van der Waals surface area contributed by atoms with Gasteiger partial charge in [-0.3, -0.25) is 0 Å². The van der Waals surface area contributed by atoms with Gasteiger partial charge in [0.15, 0.2) is 18.9 Å². The van der Waals surface area contributed by atoms with E-state index in [1.165, 1.54) is 12.1 Å². The smallest absolute Gasteiger partial charge is 0.206 e. The number of aromatic nitrogens is 1. The first-order chi connectivity index (χ1) is 15.9. The van der Waals surface area contributed by atoms with Gasteiger partial charge in [-0.05, 0) is 59.7 Å². The monoisotopic (exact) mass is 524 g/mol. The fourth-order valence-electron chi connectivity index (χ4n) is 3.36. The fourth-order valence-corrected chi connectivity index (χ4v) is 4.88. The summed E-state index contributed by atoms with van der Waals surface area (Å²) in [6.45, 7) is 0.470. The van der Waals surface area contributed by atoms with Crippen LogP contribution < -0.4 is 9.30 Å². The van der Waals surface area contributed by atoms with E-state index in [1.54, 1.807) is 36.4 Å². The lowest BCUT2D eigenvalue weighted by molar-refractivity contribution is -0.703. The SMILES string of the molecule is O=S(=O)(c1ccc(Br)cc1)c1ccc(OCC(O)C[n+]2ccc(-c3ccccc3)cc2)cc1. The molecule has 0 amide bonds. The van der Waals surface area contributed by atoms with Crippen LogP contribution in [0.3, 0.4) is 0 Å². The molecule has 3 aromatic carbocycles. The van der Waals surface area contributed by atoms with Crippen LogP contribution in [0.2, 0.25) is 0 Å². The molecule has 4 rings (SSSR count). The Bertz CT molecular complexity index is 1290. The number of hydrogen-bond donors (Lipinski definition) is 1. The van der Waals surface area contributed by atoms with E-state index in [0.717, 1.165) is 15.6 Å². The van der Waals surface area contributed by atoms with Crippen molar-refractivity contribution in [2.75, 3.05) is 6.61 Å². The standard InChI is InChI=1S/C26H23BrNO4S/c27-22-6-10-25(11-7-22)33(30,31)26-12-8-24(9-13-26)32-19-23(29)18-28-16-14-21(15-17-28)20-4-2-1-3-5-20/h1-17,23,29H,18-19H2/q+1. The van der Waals surface area contributed by atoms with Crippen molar-refractivity contribution in [2.24, 2.45) is 0 Å². The van der Waals surface area contributed by atoms with Crippen LogP contribution in [0.15, 0.2) is 118 Å². The molecule has 0 aliphatic heterocycles. The van der Waals surface area contributed by atoms with E-state index >= 15 is 0 Å². The quantitative estimate of drug-likeness (QED) is 0.340. The normalized spacial score (nSPS) is 12.3. The molecule has 0 radical (unpaired) electrons. The Kier molecular flexibility index (Phi) is 7.23. The number of rotatable bonds is 8. The fraction of sp³-hybridized carbons (Fsp3) is 0.115. The van der Waals surface area contributed by atoms with E-state index in [9.17, 15) is 13.5 Å². The average molecular weight is 525 g/mol. The third-order valence-electron chi connectivity index (χ3n) is 5.12. The molecule has 7 heteroatoms. The summed E-state index contributed by atoms with van der Waals surface area (Å²) in [5.41, 5.74) is 2.25. The van der Waals surface area contributed by atoms with Gasteiger partial charge >= 0.3 is 0 Å². The second-order valence-electron chi connectivity index (χ2n) is 7.54. The summed E-state index contributed by atoms with van der Waals surface area (Å²) in [5.74, 6) is 0.494. The van der Waals surface area contributed by atoms with Gasteiger partial charge in [-0.2, -0.15) is 0 Å². The molecule has 0 saturated carbocycles. The second kappa shape index (κ2) is 10.3. The number of aliphatic hydroxyl groups is 1. The number of hydrogen-bond acceptors (Lipinski definition) is 4. The van der Waals surface area contributed by atoms with E-state index in [-0.39, 0.29) is 16.4 Å². The Morgan fingerprint density at radius 2 is 1.33 bits per heavy atom. The first-order valence-corrected chi connectivity index (χ1v) is 12.7. The van der Waals surface area contributed by atoms with E-state index in [4.69, 9.17) is 4.74 Å². The summed E-state index contributed by atoms with van der Waals surface area (Å²) in [4.78, 5) is 0.414. The molecule has 168 valence electrons. The first kappa shape index (κ1) is 23.2. The zero-order valence-corrected chi connectivity index (χ0v) is 20.1. The first-order valence-electron chi connectivity index (χ1n) is 10.4. The Hall–Kier alpha value is -3.00. The van der Waals surface area contributed by atoms with Gasteiger partial charge in [-0.1, -0.05) is 46.3 Å². The van der Waals surface area contributed by atoms with Crippen LogP contribution in [0.5, 0.6) is 5.75 Å². The highest BCUT2D eigenvalue weighted by Crippen LogP contribution is 2.24. The summed E-state index contributed by atoms with van der Waals surface area (Å²) >= 11 is 3.31. The van der Waals surface area contributed by atoms with Crippen LogP contribution >= 0.6 is 15.9 Å². The van der Waals surface area contributed by atoms with Crippen molar-refractivity contribution in [3.05, 3.63) is 108 Å². The topological polar surface area (TPSA) is 67.5 Å². The molecule has 1 unspecified atom stereocenters. The van der Waals surface area contributed by atoms with Crippen LogP contribution in [0.25, 0.3) is 11.1 Å². The van der Waals surface area contributed by atoms with Gasteiger partial charge in [0.2, 0.25) is 9.84 Å². The summed E-state index contributed by atoms with van der Waals surface area (Å²) in [5, 5.41) is 10.4. The van der Waals surface area contributed by atoms with Crippen LogP contribution in [-0.2, 0) is 16.4 Å². The highest BCUT2D eigenvalue weighted by molar-refractivity contribution is 9.10. The molecule has 1 aromatic heterocycles. The van der Waals surface area contributed by atoms with Crippen molar-refractivity contribution in [3.63, 3.8) is 0 Å². The lowest BCUT2D eigenvalue weighted by atomic mass is 10.1. The highest BCUT2D eigenvalue weighted by Gasteiger charge is 2.18. The minimum atomic E-state index is -3.60. The van der Waals surface area contributed by atoms with Crippen molar-refractivity contribution in [2.45, 2.75) is 22.4 Å². The lowest BCUT2D eigenvalue weighted by Gasteiger charge is -2.11. The zero-order chi connectivity index (χ0) is 23.3. The molecule has 33 heavy (non-hydrogen) atoms. The molecule has 1 heterocycles. The Labute approximate surface area is 202 Å². The number of halogens is 1. The summed E-state index contributed by atoms with van der Waals surface area (Å²) in [6, 6.07) is 26.8. The van der Waals surface area contributed by atoms with Crippen molar-refractivity contribution in [3.8, 4) is 16.9 Å². The molecular formula is C26H23BrNO4S+. The van der Waals surface area contributed by atoms with Crippen molar-refractivity contribution >= 4 is 25.8 Å². The highest BCUT2D eigenvalue weighted by atomic mass is 79.9. The number of aliphatic hydroxyl groups excluding tert-OH is 1. The molecule has 1 atom stereocenters. The van der Waals surface area contributed by atoms with Gasteiger partial charge in [-0.25, -0.2) is 13.0 Å². The van der Waals surface area contributed by atoms with Gasteiger partial charge in [0.1, 0.15) is 18.5 Å². The van der Waals surface area contributed by atoms with Crippen molar-refractivity contribution in [1.82, 2.24) is 0 Å². The van der Waals surface area contributed by atoms with Gasteiger partial charge in [0.05, 0.1) is 9.79 Å². The number of pyridine rings is 1. The Morgan fingerprint density at radius 3 is 1.94 bits per heavy atom. The van der Waals surface area contributed by atoms with E-state index in [2.05, 4.69) is 28.1 Å². The largest absolute Gasteiger partial charge is 0.491 e. The van der Waals surface area contributed by atoms with Crippen LogP contribution in [0, 0.1) is 0 Å². The minimum Gasteiger partial charge on any atom is -0.491 e. The number of ether oxygens (including phenoxy) is 1. The summed E-state index contributed by atoms with van der Waals surface area (Å²) in [6.07, 6.45) is 3.13. The summed E-state index contributed by atoms with van der Waals surface area (Å²) in [7, 11) is -3.60. The second-order valence-corrected chi connectivity index (χ2v) is 10.4. The van der Waals surface area contributed by atoms with Crippen LogP contribution in [-0.4, -0.2) is 26.2 Å². The average Bonchev–Trinajstić information content (AvgIpc) is 2.84. The maximum atomic E-state index is 12.7. The Morgan fingerprint density at radius 1 is 0.788 bits per heavy atom. The molecule has 5 nitrogen and oxygen atoms in total. The molecule has 0 aliphatic rings. The lowest BCUT2D eigenvalue weighted by Crippen LogP contribution is -2.41. The zero-order valence-electron chi connectivity index (χ0n) is 17.7. The summed E-state index contributed by atoms with van der Waals surface area (Å²) < 4.78 is 33.9. The third kappa shape index (κ3) is 5.87. The molecule has 0 aliphatic carbocycles. The minimum absolute atomic E-state index is 0.0895. The van der Waals surface area contributed by atoms with Gasteiger partial charge < -0.3 is 9.84 Å². The van der Waals surface area contributed by atoms with Crippen molar-refractivity contribution in [1.29, 1.82) is 0 Å². The number of benzene rings is 3. The van der Waals surface area contributed by atoms with E-state index in [1.807, 2.05) is 47.3 Å². The third-order valence-corrected chi connectivity index (χ3v) is 7.43. The molecular weight excluding hydrogens is 502 g/mol. The predicted molar refractivity (Wildman–Crippen MR) is 130 cm³/mol. The molecule has 0 fully saturated rings. The number of nitrogens with zero attached hydrogens (tertiary/aromatic N) is 1. The molecule has 1 N–H and O–H groups in total. The molecule has 0 spiro atoms. The molecule has 4 aromatic rings. The molecule has 0 bridgehead atoms. The van der Waals surface area contributed by atoms with Gasteiger partial charge in [0, 0.05) is 16.6 Å². The predicted octanol–water partition coefficient (Wildman–Crippen LogP) is 4.68. The maximum Gasteiger partial charge on any atom is 0.206 e. The van der Waals surface area contributed by atoms with Gasteiger partial charge in [0.25, 0.3) is 0 Å². The van der Waals surface area contributed by atoms with E-state index in [0.29, 0.717) is 12.3 Å². The van der Waals surface area contributed by atoms with Crippen molar-refractivity contribution < 1.29 is 22.8 Å².